The quantitative estimate of drug-likeness (QED) is 0.153. The second-order valence-electron chi connectivity index (χ2n) is 12.6. The summed E-state index contributed by atoms with van der Waals surface area (Å²) < 4.78 is 0. The van der Waals surface area contributed by atoms with Crippen LogP contribution in [0.15, 0.2) is 170 Å². The van der Waals surface area contributed by atoms with Gasteiger partial charge in [-0.25, -0.2) is 0 Å². The number of allylic oxidation sites excluding steroid dienone is 1. The monoisotopic (exact) mass is 596 g/mol. The van der Waals surface area contributed by atoms with Crippen molar-refractivity contribution in [2.75, 3.05) is 0 Å². The fourth-order valence-electron chi connectivity index (χ4n) is 8.46. The van der Waals surface area contributed by atoms with Crippen molar-refractivity contribution in [1.82, 2.24) is 0 Å². The molecule has 0 spiro atoms. The van der Waals surface area contributed by atoms with E-state index in [0.29, 0.717) is 0 Å². The molecular weight excluding hydrogens is 559 g/mol. The number of hydrogen-bond acceptors (Lipinski definition) is 0. The van der Waals surface area contributed by atoms with E-state index in [4.69, 9.17) is 0 Å². The summed E-state index contributed by atoms with van der Waals surface area (Å²) in [6.07, 6.45) is 7.08. The van der Waals surface area contributed by atoms with Gasteiger partial charge >= 0.3 is 0 Å². The summed E-state index contributed by atoms with van der Waals surface area (Å²) in [6, 6.07) is 61.6. The average molecular weight is 597 g/mol. The van der Waals surface area contributed by atoms with Crippen molar-refractivity contribution < 1.29 is 0 Å². The van der Waals surface area contributed by atoms with Crippen LogP contribution in [0.3, 0.4) is 0 Å². The van der Waals surface area contributed by atoms with Crippen molar-refractivity contribution in [2.24, 2.45) is 0 Å². The smallest absolute Gasteiger partial charge is 0.0252 e. The van der Waals surface area contributed by atoms with E-state index < -0.39 is 7.92 Å². The van der Waals surface area contributed by atoms with Gasteiger partial charge in [0.25, 0.3) is 0 Å². The third kappa shape index (κ3) is 4.47. The molecule has 218 valence electrons. The maximum absolute atomic E-state index is 2.65. The van der Waals surface area contributed by atoms with Crippen LogP contribution in [0, 0.1) is 0 Å². The summed E-state index contributed by atoms with van der Waals surface area (Å²) in [5.41, 5.74) is 9.66. The summed E-state index contributed by atoms with van der Waals surface area (Å²) in [7, 11) is -0.872. The van der Waals surface area contributed by atoms with E-state index in [1.165, 1.54) is 49.6 Å². The minimum Gasteiger partial charge on any atom is -0.0724 e. The van der Waals surface area contributed by atoms with Crippen molar-refractivity contribution in [3.63, 3.8) is 0 Å². The van der Waals surface area contributed by atoms with Gasteiger partial charge in [-0.2, -0.15) is 0 Å². The van der Waals surface area contributed by atoms with E-state index in [1.54, 1.807) is 0 Å². The second-order valence-corrected chi connectivity index (χ2v) is 15.3. The first-order chi connectivity index (χ1) is 22.2. The van der Waals surface area contributed by atoms with Crippen LogP contribution in [0.25, 0.3) is 17.2 Å². The molecule has 0 saturated heterocycles. The zero-order valence-electron chi connectivity index (χ0n) is 25.7. The van der Waals surface area contributed by atoms with Gasteiger partial charge in [0.1, 0.15) is 0 Å². The summed E-state index contributed by atoms with van der Waals surface area (Å²) >= 11 is 0. The van der Waals surface area contributed by atoms with Gasteiger partial charge in [0.05, 0.1) is 0 Å². The van der Waals surface area contributed by atoms with Crippen LogP contribution >= 0.6 is 7.92 Å². The van der Waals surface area contributed by atoms with E-state index in [0.717, 1.165) is 12.8 Å². The highest BCUT2D eigenvalue weighted by molar-refractivity contribution is 7.74. The van der Waals surface area contributed by atoms with Crippen LogP contribution in [-0.2, 0) is 11.8 Å². The minimum absolute atomic E-state index is 0.197. The summed E-state index contributed by atoms with van der Waals surface area (Å²) in [6.45, 7) is 2.65. The molecule has 0 amide bonds. The summed E-state index contributed by atoms with van der Waals surface area (Å²) in [4.78, 5) is 0. The van der Waals surface area contributed by atoms with Crippen molar-refractivity contribution >= 4 is 24.6 Å². The van der Waals surface area contributed by atoms with Gasteiger partial charge in [-0.05, 0) is 70.3 Å². The molecule has 8 rings (SSSR count). The van der Waals surface area contributed by atoms with E-state index >= 15 is 0 Å². The summed E-state index contributed by atoms with van der Waals surface area (Å²) in [5.74, 6) is 0.197. The highest BCUT2D eigenvalue weighted by Crippen LogP contribution is 2.70. The standard InChI is InChI=1S/C44H37P/c1-43(45(35-20-7-3-8-21-35)36-22-9-4-10-23-36,42-39-26-14-12-24-37(39)38-25-13-15-27-40(38)42)44(31-29-33-17-5-2-6-18-33)32-30-34-19-11-16-28-41(34)44/h2-28,30,32,42H,29,31H2,1H3. The van der Waals surface area contributed by atoms with Crippen LogP contribution < -0.4 is 10.6 Å². The second kappa shape index (κ2) is 11.4. The molecule has 2 atom stereocenters. The molecule has 0 saturated carbocycles. The Morgan fingerprint density at radius 1 is 0.556 bits per heavy atom. The van der Waals surface area contributed by atoms with E-state index in [-0.39, 0.29) is 16.5 Å². The summed E-state index contributed by atoms with van der Waals surface area (Å²) in [5, 5.41) is 2.63. The molecule has 0 nitrogen and oxygen atoms in total. The fraction of sp³-hybridized carbons (Fsp3) is 0.136. The van der Waals surface area contributed by atoms with Gasteiger partial charge in [0.2, 0.25) is 0 Å². The van der Waals surface area contributed by atoms with Crippen molar-refractivity contribution in [3.8, 4) is 11.1 Å². The Kier molecular flexibility index (Phi) is 7.12. The molecule has 6 aromatic rings. The molecule has 0 bridgehead atoms. The first-order valence-electron chi connectivity index (χ1n) is 16.1. The Labute approximate surface area is 268 Å². The van der Waals surface area contributed by atoms with Crippen LogP contribution in [0.1, 0.15) is 47.1 Å². The van der Waals surface area contributed by atoms with Crippen LogP contribution in [0.5, 0.6) is 0 Å². The van der Waals surface area contributed by atoms with Crippen LogP contribution in [-0.4, -0.2) is 5.16 Å². The third-order valence-electron chi connectivity index (χ3n) is 10.4. The normalized spacial score (nSPS) is 17.9. The topological polar surface area (TPSA) is 0 Å². The third-order valence-corrected chi connectivity index (χ3v) is 13.6. The average Bonchev–Trinajstić information content (AvgIpc) is 3.66. The lowest BCUT2D eigenvalue weighted by molar-refractivity contribution is 0.346. The molecule has 0 radical (unpaired) electrons. The Morgan fingerprint density at radius 2 is 1.04 bits per heavy atom. The van der Waals surface area contributed by atoms with Gasteiger partial charge in [-0.15, -0.1) is 0 Å². The lowest BCUT2D eigenvalue weighted by Gasteiger charge is -2.55. The molecule has 0 fully saturated rings. The van der Waals surface area contributed by atoms with E-state index in [9.17, 15) is 0 Å². The maximum Gasteiger partial charge on any atom is 0.0252 e. The lowest BCUT2D eigenvalue weighted by atomic mass is 9.62. The predicted molar refractivity (Wildman–Crippen MR) is 193 cm³/mol. The zero-order valence-corrected chi connectivity index (χ0v) is 26.6. The Hall–Kier alpha value is -4.51. The number of aryl methyl sites for hydroxylation is 1. The highest BCUT2D eigenvalue weighted by Gasteiger charge is 2.60. The molecule has 6 aromatic carbocycles. The predicted octanol–water partition coefficient (Wildman–Crippen LogP) is 10.3. The number of rotatable bonds is 8. The first kappa shape index (κ1) is 28.0. The highest BCUT2D eigenvalue weighted by atomic mass is 31.1. The van der Waals surface area contributed by atoms with Gasteiger partial charge in [0.15, 0.2) is 0 Å². The van der Waals surface area contributed by atoms with E-state index in [1.807, 2.05) is 0 Å². The minimum atomic E-state index is -0.872. The van der Waals surface area contributed by atoms with Crippen molar-refractivity contribution in [3.05, 3.63) is 198 Å². The molecule has 0 N–H and O–H groups in total. The number of fused-ring (bicyclic) bond motifs is 4. The molecule has 2 unspecified atom stereocenters. The molecule has 1 heteroatoms. The van der Waals surface area contributed by atoms with Gasteiger partial charge in [-0.3, -0.25) is 0 Å². The first-order valence-corrected chi connectivity index (χ1v) is 17.5. The molecule has 0 heterocycles. The molecular formula is C44H37P. The van der Waals surface area contributed by atoms with Crippen molar-refractivity contribution in [1.29, 1.82) is 0 Å². The van der Waals surface area contributed by atoms with Crippen molar-refractivity contribution in [2.45, 2.75) is 36.3 Å². The largest absolute Gasteiger partial charge is 0.0724 e. The molecule has 45 heavy (non-hydrogen) atoms. The molecule has 0 aromatic heterocycles. The van der Waals surface area contributed by atoms with Gasteiger partial charge < -0.3 is 0 Å². The number of hydrogen-bond donors (Lipinski definition) is 0. The van der Waals surface area contributed by atoms with Gasteiger partial charge in [-0.1, -0.05) is 183 Å². The number of benzene rings is 6. The fourth-order valence-corrected chi connectivity index (χ4v) is 12.0. The maximum atomic E-state index is 2.65. The Balaban J connectivity index is 1.47. The van der Waals surface area contributed by atoms with E-state index in [2.05, 4.69) is 183 Å². The molecule has 2 aliphatic rings. The molecule has 0 aliphatic heterocycles. The van der Waals surface area contributed by atoms with Crippen LogP contribution in [0.4, 0.5) is 0 Å². The SMILES string of the molecule is CC(C1c2ccccc2-c2ccccc21)(P(c1ccccc1)c1ccccc1)C1(CCc2ccccc2)C=Cc2ccccc21. The lowest BCUT2D eigenvalue weighted by Crippen LogP contribution is -2.53. The zero-order chi connectivity index (χ0) is 30.3. The Morgan fingerprint density at radius 3 is 1.64 bits per heavy atom. The molecule has 2 aliphatic carbocycles. The Bertz CT molecular complexity index is 1890. The van der Waals surface area contributed by atoms with Crippen LogP contribution in [0.2, 0.25) is 0 Å². The van der Waals surface area contributed by atoms with Gasteiger partial charge in [0, 0.05) is 16.5 Å².